The molecule has 1 aliphatic rings. The van der Waals surface area contributed by atoms with Gasteiger partial charge in [0.25, 0.3) is 5.79 Å². The summed E-state index contributed by atoms with van der Waals surface area (Å²) in [5.41, 5.74) is 8.65. The Balaban J connectivity index is 2.18. The number of anilines is 1. The van der Waals surface area contributed by atoms with E-state index in [0.717, 1.165) is 6.07 Å². The van der Waals surface area contributed by atoms with Crippen LogP contribution in [0, 0.1) is 0 Å². The standard InChI is InChI=1S/C17H16N2O6/c1-9(20)19-25-17(23)13(10-3-2-4-11(18)5-10)8-24-15-7-12(21)6-14(22)16(15)17/h2-8,21-23H,18H2,1H3,(H,19,20). The summed E-state index contributed by atoms with van der Waals surface area (Å²) in [5, 5.41) is 31.0. The number of aliphatic hydroxyl groups is 1. The van der Waals surface area contributed by atoms with Crippen LogP contribution in [0.5, 0.6) is 17.2 Å². The Morgan fingerprint density at radius 2 is 2.04 bits per heavy atom. The van der Waals surface area contributed by atoms with Gasteiger partial charge in [-0.1, -0.05) is 12.1 Å². The Labute approximate surface area is 142 Å². The van der Waals surface area contributed by atoms with Gasteiger partial charge in [0.05, 0.1) is 5.57 Å². The number of nitrogen functional groups attached to an aromatic ring is 1. The molecule has 2 aromatic rings. The number of phenolic OH excluding ortho intramolecular Hbond substituents is 2. The molecule has 130 valence electrons. The number of carbonyl (C=O) groups excluding carboxylic acids is 1. The molecule has 1 atom stereocenters. The van der Waals surface area contributed by atoms with Crippen LogP contribution in [0.2, 0.25) is 0 Å². The number of benzene rings is 2. The Kier molecular flexibility index (Phi) is 3.99. The number of carbonyl (C=O) groups is 1. The van der Waals surface area contributed by atoms with Gasteiger partial charge in [-0.2, -0.15) is 0 Å². The maximum Gasteiger partial charge on any atom is 0.254 e. The fourth-order valence-corrected chi connectivity index (χ4v) is 2.58. The van der Waals surface area contributed by atoms with E-state index in [1.54, 1.807) is 24.3 Å². The Bertz CT molecular complexity index is 879. The highest BCUT2D eigenvalue weighted by molar-refractivity contribution is 5.78. The van der Waals surface area contributed by atoms with Crippen LogP contribution in [-0.4, -0.2) is 21.2 Å². The summed E-state index contributed by atoms with van der Waals surface area (Å²) in [7, 11) is 0. The maximum atomic E-state index is 11.3. The molecule has 0 radical (unpaired) electrons. The Hall–Kier alpha value is -3.23. The molecular formula is C17H16N2O6. The predicted molar refractivity (Wildman–Crippen MR) is 88.0 cm³/mol. The molecule has 0 saturated heterocycles. The van der Waals surface area contributed by atoms with Crippen molar-refractivity contribution in [3.8, 4) is 17.2 Å². The average molecular weight is 344 g/mol. The van der Waals surface area contributed by atoms with Crippen LogP contribution in [0.25, 0.3) is 5.57 Å². The fraction of sp³-hybridized carbons (Fsp3) is 0.118. The van der Waals surface area contributed by atoms with Crippen LogP contribution in [0.1, 0.15) is 18.1 Å². The number of nitrogens with one attached hydrogen (secondary N) is 1. The van der Waals surface area contributed by atoms with Crippen molar-refractivity contribution in [2.75, 3.05) is 5.73 Å². The maximum absolute atomic E-state index is 11.3. The summed E-state index contributed by atoms with van der Waals surface area (Å²) in [6.45, 7) is 1.20. The largest absolute Gasteiger partial charge is 0.508 e. The van der Waals surface area contributed by atoms with Crippen molar-refractivity contribution >= 4 is 17.2 Å². The third-order valence-electron chi connectivity index (χ3n) is 3.61. The summed E-state index contributed by atoms with van der Waals surface area (Å²) >= 11 is 0. The number of nitrogens with two attached hydrogens (primary N) is 1. The predicted octanol–water partition coefficient (Wildman–Crippen LogP) is 1.33. The smallest absolute Gasteiger partial charge is 0.254 e. The van der Waals surface area contributed by atoms with E-state index in [9.17, 15) is 20.1 Å². The molecule has 0 fully saturated rings. The fourth-order valence-electron chi connectivity index (χ4n) is 2.58. The number of amides is 1. The zero-order valence-electron chi connectivity index (χ0n) is 13.2. The zero-order valence-corrected chi connectivity index (χ0v) is 13.2. The number of hydrogen-bond acceptors (Lipinski definition) is 7. The van der Waals surface area contributed by atoms with Crippen LogP contribution < -0.4 is 16.0 Å². The van der Waals surface area contributed by atoms with Gasteiger partial charge in [0, 0.05) is 24.7 Å². The van der Waals surface area contributed by atoms with Crippen LogP contribution in [0.4, 0.5) is 5.69 Å². The molecular weight excluding hydrogens is 328 g/mol. The first kappa shape index (κ1) is 16.6. The minimum Gasteiger partial charge on any atom is -0.508 e. The molecule has 1 aliphatic heterocycles. The average Bonchev–Trinajstić information content (AvgIpc) is 2.52. The number of ether oxygens (including phenoxy) is 1. The quantitative estimate of drug-likeness (QED) is 0.322. The van der Waals surface area contributed by atoms with Crippen molar-refractivity contribution in [2.45, 2.75) is 12.7 Å². The molecule has 25 heavy (non-hydrogen) atoms. The van der Waals surface area contributed by atoms with E-state index >= 15 is 0 Å². The van der Waals surface area contributed by atoms with Gasteiger partial charge in [-0.05, 0) is 17.7 Å². The van der Waals surface area contributed by atoms with Gasteiger partial charge >= 0.3 is 0 Å². The molecule has 8 nitrogen and oxygen atoms in total. The molecule has 0 saturated carbocycles. The van der Waals surface area contributed by atoms with Crippen molar-refractivity contribution < 1.29 is 29.7 Å². The molecule has 8 heteroatoms. The molecule has 2 aromatic carbocycles. The third-order valence-corrected chi connectivity index (χ3v) is 3.61. The van der Waals surface area contributed by atoms with Gasteiger partial charge in [-0.25, -0.2) is 10.3 Å². The van der Waals surface area contributed by atoms with E-state index in [0.29, 0.717) is 11.3 Å². The van der Waals surface area contributed by atoms with Crippen LogP contribution >= 0.6 is 0 Å². The van der Waals surface area contributed by atoms with Gasteiger partial charge in [0.1, 0.15) is 29.1 Å². The first-order chi connectivity index (χ1) is 11.8. The summed E-state index contributed by atoms with van der Waals surface area (Å²) in [4.78, 5) is 16.5. The molecule has 3 rings (SSSR count). The van der Waals surface area contributed by atoms with Gasteiger partial charge < -0.3 is 25.8 Å². The molecule has 1 unspecified atom stereocenters. The Morgan fingerprint density at radius 3 is 2.72 bits per heavy atom. The number of phenols is 2. The minimum atomic E-state index is -2.27. The van der Waals surface area contributed by atoms with Gasteiger partial charge in [0.2, 0.25) is 5.91 Å². The van der Waals surface area contributed by atoms with E-state index in [2.05, 4.69) is 5.48 Å². The number of hydrogen-bond donors (Lipinski definition) is 5. The molecule has 0 aromatic heterocycles. The van der Waals surface area contributed by atoms with Crippen molar-refractivity contribution in [1.82, 2.24) is 5.48 Å². The number of aromatic hydroxyl groups is 2. The lowest BCUT2D eigenvalue weighted by atomic mass is 9.89. The van der Waals surface area contributed by atoms with Crippen LogP contribution in [0.3, 0.4) is 0 Å². The van der Waals surface area contributed by atoms with E-state index in [4.69, 9.17) is 15.3 Å². The summed E-state index contributed by atoms with van der Waals surface area (Å²) < 4.78 is 5.42. The summed E-state index contributed by atoms with van der Waals surface area (Å²) in [6.07, 6.45) is 1.19. The summed E-state index contributed by atoms with van der Waals surface area (Å²) in [5.74, 6) is -3.61. The van der Waals surface area contributed by atoms with E-state index in [1.165, 1.54) is 19.3 Å². The van der Waals surface area contributed by atoms with E-state index in [1.807, 2.05) is 0 Å². The van der Waals surface area contributed by atoms with Crippen molar-refractivity contribution in [3.05, 3.63) is 53.8 Å². The van der Waals surface area contributed by atoms with E-state index in [-0.39, 0.29) is 22.6 Å². The highest BCUT2D eigenvalue weighted by Gasteiger charge is 2.45. The first-order valence-corrected chi connectivity index (χ1v) is 7.28. The Morgan fingerprint density at radius 1 is 1.28 bits per heavy atom. The zero-order chi connectivity index (χ0) is 18.2. The molecule has 1 heterocycles. The van der Waals surface area contributed by atoms with Crippen molar-refractivity contribution in [1.29, 1.82) is 0 Å². The number of fused-ring (bicyclic) bond motifs is 1. The van der Waals surface area contributed by atoms with Crippen molar-refractivity contribution in [3.63, 3.8) is 0 Å². The minimum absolute atomic E-state index is 0.0296. The second-order valence-corrected chi connectivity index (χ2v) is 5.52. The van der Waals surface area contributed by atoms with Gasteiger partial charge in [-0.15, -0.1) is 0 Å². The van der Waals surface area contributed by atoms with Crippen LogP contribution in [0.15, 0.2) is 42.7 Å². The SMILES string of the molecule is CC(=O)NOC1(O)C(c2cccc(N)c2)=COc2cc(O)cc(O)c21. The molecule has 0 aliphatic carbocycles. The highest BCUT2D eigenvalue weighted by Crippen LogP contribution is 2.49. The second-order valence-electron chi connectivity index (χ2n) is 5.52. The van der Waals surface area contributed by atoms with Gasteiger partial charge in [-0.3, -0.25) is 4.79 Å². The lowest BCUT2D eigenvalue weighted by Crippen LogP contribution is -2.40. The second kappa shape index (κ2) is 6.00. The summed E-state index contributed by atoms with van der Waals surface area (Å²) in [6, 6.07) is 8.76. The first-order valence-electron chi connectivity index (χ1n) is 7.28. The van der Waals surface area contributed by atoms with E-state index < -0.39 is 17.4 Å². The molecule has 1 amide bonds. The number of rotatable bonds is 3. The topological polar surface area (TPSA) is 134 Å². The normalized spacial score (nSPS) is 18.7. The highest BCUT2D eigenvalue weighted by atomic mass is 16.7. The molecule has 0 bridgehead atoms. The number of hydroxylamine groups is 1. The lowest BCUT2D eigenvalue weighted by molar-refractivity contribution is -0.211. The lowest BCUT2D eigenvalue weighted by Gasteiger charge is -2.34. The van der Waals surface area contributed by atoms with Gasteiger partial charge in [0.15, 0.2) is 0 Å². The van der Waals surface area contributed by atoms with Crippen molar-refractivity contribution in [2.24, 2.45) is 0 Å². The monoisotopic (exact) mass is 344 g/mol. The third kappa shape index (κ3) is 2.95. The van der Waals surface area contributed by atoms with Crippen LogP contribution in [-0.2, 0) is 15.4 Å². The molecule has 6 N–H and O–H groups in total. The molecule has 0 spiro atoms.